The van der Waals surface area contributed by atoms with Crippen LogP contribution in [-0.4, -0.2) is 37.8 Å². The predicted molar refractivity (Wildman–Crippen MR) is 116 cm³/mol. The number of nitrogens with zero attached hydrogens (tertiary/aromatic N) is 1. The minimum absolute atomic E-state index is 0.172. The third-order valence-electron chi connectivity index (χ3n) is 3.52. The number of carbonyl (C=O) groups is 1. The fraction of sp³-hybridized carbons (Fsp3) is 0.842. The normalized spacial score (nSPS) is 15.7. The zero-order chi connectivity index (χ0) is 20.6. The maximum Gasteiger partial charge on any atom is 0.334 e. The Morgan fingerprint density at radius 1 is 1.27 bits per heavy atom. The number of esters is 1. The molecule has 0 amide bonds. The van der Waals surface area contributed by atoms with Gasteiger partial charge in [-0.2, -0.15) is 5.26 Å². The lowest BCUT2D eigenvalue weighted by Gasteiger charge is -2.32. The second kappa shape index (κ2) is 10.9. The zero-order valence-corrected chi connectivity index (χ0v) is 19.5. The molecule has 2 atom stereocenters. The van der Waals surface area contributed by atoms with Gasteiger partial charge in [-0.15, -0.1) is 11.8 Å². The highest BCUT2D eigenvalue weighted by Gasteiger charge is 2.29. The molecular formula is C19H33NO3S3. The van der Waals surface area contributed by atoms with Gasteiger partial charge in [-0.05, 0) is 43.9 Å². The number of aliphatic hydroxyl groups excluding tert-OH is 1. The molecule has 0 aromatic carbocycles. The smallest absolute Gasteiger partial charge is 0.334 e. The molecule has 0 spiro atoms. The molecule has 0 aromatic rings. The molecule has 0 aliphatic heterocycles. The Balaban J connectivity index is 4.41. The highest BCUT2D eigenvalue weighted by atomic mass is 32.2. The van der Waals surface area contributed by atoms with Crippen molar-refractivity contribution < 1.29 is 14.6 Å². The number of thiocarbonyl (C=S) groups is 1. The van der Waals surface area contributed by atoms with E-state index in [2.05, 4.69) is 40.7 Å². The van der Waals surface area contributed by atoms with Crippen LogP contribution in [0.2, 0.25) is 0 Å². The summed E-state index contributed by atoms with van der Waals surface area (Å²) < 4.78 is 5.07. The average molecular weight is 420 g/mol. The number of aliphatic hydroxyl groups is 1. The van der Waals surface area contributed by atoms with E-state index >= 15 is 0 Å². The number of carbonyl (C=O) groups excluding carboxylic acids is 1. The summed E-state index contributed by atoms with van der Waals surface area (Å²) in [6.07, 6.45) is 1.10. The molecule has 0 aromatic heterocycles. The molecule has 150 valence electrons. The summed E-state index contributed by atoms with van der Waals surface area (Å²) in [5, 5.41) is 18.6. The van der Waals surface area contributed by atoms with Crippen molar-refractivity contribution in [2.45, 2.75) is 78.6 Å². The summed E-state index contributed by atoms with van der Waals surface area (Å²) in [5.74, 6) is 0.285. The lowest BCUT2D eigenvalue weighted by molar-refractivity contribution is -0.152. The van der Waals surface area contributed by atoms with Crippen molar-refractivity contribution in [2.24, 2.45) is 10.8 Å². The maximum atomic E-state index is 11.2. The van der Waals surface area contributed by atoms with E-state index in [1.54, 1.807) is 11.8 Å². The van der Waals surface area contributed by atoms with E-state index in [0.717, 1.165) is 15.7 Å². The summed E-state index contributed by atoms with van der Waals surface area (Å²) in [5.41, 5.74) is 0.440. The Morgan fingerprint density at radius 3 is 2.31 bits per heavy atom. The lowest BCUT2D eigenvalue weighted by atomic mass is 9.77. The SMILES string of the molecule is CC(O)C(=O)OCCCC(C)(C#N)SC(=S)SCC(C)(C)CC(C)(C)C. The second-order valence-electron chi connectivity index (χ2n) is 8.83. The Kier molecular flexibility index (Phi) is 10.8. The van der Waals surface area contributed by atoms with E-state index in [-0.39, 0.29) is 17.4 Å². The molecule has 7 heteroatoms. The standard InChI is InChI=1S/C19H33NO3S3/c1-14(21)15(22)23-10-8-9-19(7,12-20)26-16(24)25-13-18(5,6)11-17(2,3)4/h14,21H,8-11,13H2,1-7H3. The van der Waals surface area contributed by atoms with Gasteiger partial charge in [0.05, 0.1) is 12.7 Å². The Hall–Kier alpha value is -0.290. The molecule has 0 heterocycles. The molecule has 0 aliphatic carbocycles. The van der Waals surface area contributed by atoms with Gasteiger partial charge in [-0.1, -0.05) is 58.6 Å². The van der Waals surface area contributed by atoms with E-state index in [1.165, 1.54) is 18.7 Å². The second-order valence-corrected chi connectivity index (χ2v) is 12.5. The first-order chi connectivity index (χ1) is 11.7. The van der Waals surface area contributed by atoms with E-state index in [9.17, 15) is 10.1 Å². The van der Waals surface area contributed by atoms with Gasteiger partial charge in [0.1, 0.15) is 14.4 Å². The predicted octanol–water partition coefficient (Wildman–Crippen LogP) is 5.19. The quantitative estimate of drug-likeness (QED) is 0.313. The monoisotopic (exact) mass is 419 g/mol. The van der Waals surface area contributed by atoms with Crippen molar-refractivity contribution in [1.29, 1.82) is 5.26 Å². The highest BCUT2D eigenvalue weighted by molar-refractivity contribution is 8.47. The van der Waals surface area contributed by atoms with E-state index in [4.69, 9.17) is 22.1 Å². The van der Waals surface area contributed by atoms with E-state index in [1.807, 2.05) is 6.92 Å². The van der Waals surface area contributed by atoms with Crippen LogP contribution in [0.15, 0.2) is 0 Å². The third kappa shape index (κ3) is 12.2. The Morgan fingerprint density at radius 2 is 1.85 bits per heavy atom. The molecule has 0 bridgehead atoms. The van der Waals surface area contributed by atoms with Gasteiger partial charge >= 0.3 is 5.97 Å². The number of rotatable bonds is 9. The molecule has 0 rings (SSSR count). The van der Waals surface area contributed by atoms with Crippen LogP contribution in [0, 0.1) is 22.2 Å². The Labute approximate surface area is 172 Å². The van der Waals surface area contributed by atoms with Crippen LogP contribution >= 0.6 is 35.7 Å². The minimum atomic E-state index is -1.12. The first-order valence-corrected chi connectivity index (χ1v) is 11.0. The minimum Gasteiger partial charge on any atom is -0.464 e. The highest BCUT2D eigenvalue weighted by Crippen LogP contribution is 2.39. The van der Waals surface area contributed by atoms with E-state index in [0.29, 0.717) is 12.8 Å². The molecule has 0 saturated carbocycles. The Bertz CT molecular complexity index is 521. The van der Waals surface area contributed by atoms with Crippen LogP contribution in [0.25, 0.3) is 0 Å². The maximum absolute atomic E-state index is 11.2. The van der Waals surface area contributed by atoms with Gasteiger partial charge in [0, 0.05) is 5.75 Å². The number of thioether (sulfide) groups is 2. The number of nitriles is 1. The average Bonchev–Trinajstić information content (AvgIpc) is 2.47. The van der Waals surface area contributed by atoms with Crippen LogP contribution in [0.4, 0.5) is 0 Å². The largest absolute Gasteiger partial charge is 0.464 e. The molecule has 2 unspecified atom stereocenters. The first kappa shape index (κ1) is 25.7. The molecule has 0 saturated heterocycles. The first-order valence-electron chi connectivity index (χ1n) is 8.81. The van der Waals surface area contributed by atoms with Gasteiger partial charge in [-0.3, -0.25) is 0 Å². The number of hydrogen-bond donors (Lipinski definition) is 1. The van der Waals surface area contributed by atoms with Crippen molar-refractivity contribution in [3.63, 3.8) is 0 Å². The van der Waals surface area contributed by atoms with Gasteiger partial charge < -0.3 is 9.84 Å². The summed E-state index contributed by atoms with van der Waals surface area (Å²) >= 11 is 8.54. The van der Waals surface area contributed by atoms with Gasteiger partial charge in [0.2, 0.25) is 0 Å². The van der Waals surface area contributed by atoms with Gasteiger partial charge in [0.25, 0.3) is 0 Å². The third-order valence-corrected chi connectivity index (χ3v) is 6.80. The molecule has 26 heavy (non-hydrogen) atoms. The topological polar surface area (TPSA) is 70.3 Å². The van der Waals surface area contributed by atoms with Crippen molar-refractivity contribution in [3.8, 4) is 6.07 Å². The number of ether oxygens (including phenoxy) is 1. The van der Waals surface area contributed by atoms with Gasteiger partial charge in [0.15, 0.2) is 0 Å². The summed E-state index contributed by atoms with van der Waals surface area (Å²) in [4.78, 5) is 11.2. The summed E-state index contributed by atoms with van der Waals surface area (Å²) in [7, 11) is 0. The fourth-order valence-corrected chi connectivity index (χ4v) is 5.75. The fourth-order valence-electron chi connectivity index (χ4n) is 2.79. The van der Waals surface area contributed by atoms with Crippen LogP contribution in [0.1, 0.15) is 67.7 Å². The summed E-state index contributed by atoms with van der Waals surface area (Å²) in [6, 6.07) is 2.33. The molecule has 1 N–H and O–H groups in total. The van der Waals surface area contributed by atoms with Crippen molar-refractivity contribution in [2.75, 3.05) is 12.4 Å². The van der Waals surface area contributed by atoms with Crippen LogP contribution in [0.3, 0.4) is 0 Å². The molecule has 0 radical (unpaired) electrons. The van der Waals surface area contributed by atoms with Crippen molar-refractivity contribution in [1.82, 2.24) is 0 Å². The van der Waals surface area contributed by atoms with Crippen molar-refractivity contribution >= 4 is 45.2 Å². The molecular weight excluding hydrogens is 386 g/mol. The number of hydrogen-bond acceptors (Lipinski definition) is 7. The van der Waals surface area contributed by atoms with Gasteiger partial charge in [-0.25, -0.2) is 4.79 Å². The molecule has 0 aliphatic rings. The lowest BCUT2D eigenvalue weighted by Crippen LogP contribution is -2.24. The zero-order valence-electron chi connectivity index (χ0n) is 17.0. The van der Waals surface area contributed by atoms with Crippen LogP contribution in [-0.2, 0) is 9.53 Å². The molecule has 4 nitrogen and oxygen atoms in total. The van der Waals surface area contributed by atoms with Crippen LogP contribution in [0.5, 0.6) is 0 Å². The van der Waals surface area contributed by atoms with E-state index < -0.39 is 16.8 Å². The van der Waals surface area contributed by atoms with Crippen molar-refractivity contribution in [3.05, 3.63) is 0 Å². The van der Waals surface area contributed by atoms with Crippen LogP contribution < -0.4 is 0 Å². The summed E-state index contributed by atoms with van der Waals surface area (Å²) in [6.45, 7) is 14.6. The molecule has 0 fully saturated rings.